The summed E-state index contributed by atoms with van der Waals surface area (Å²) in [7, 11) is 3.01. The van der Waals surface area contributed by atoms with Gasteiger partial charge in [0, 0.05) is 35.7 Å². The summed E-state index contributed by atoms with van der Waals surface area (Å²) in [6, 6.07) is 15.2. The van der Waals surface area contributed by atoms with E-state index in [1.54, 1.807) is 24.3 Å². The minimum Gasteiger partial charge on any atom is -1.00 e. The molecule has 2 aromatic carbocycles. The van der Waals surface area contributed by atoms with Crippen molar-refractivity contribution in [1.82, 2.24) is 9.97 Å². The first-order valence-electron chi connectivity index (χ1n) is 9.15. The molecule has 0 spiro atoms. The fourth-order valence-electron chi connectivity index (χ4n) is 2.63. The van der Waals surface area contributed by atoms with Crippen molar-refractivity contribution in [2.24, 2.45) is 0 Å². The molecule has 0 aliphatic rings. The van der Waals surface area contributed by atoms with E-state index in [-0.39, 0.29) is 43.6 Å². The molecule has 0 aliphatic heterocycles. The minimum absolute atomic E-state index is 0. The number of benzene rings is 2. The van der Waals surface area contributed by atoms with Crippen LogP contribution in [0.15, 0.2) is 60.9 Å². The molecule has 4 aromatic rings. The van der Waals surface area contributed by atoms with E-state index in [1.807, 2.05) is 0 Å². The summed E-state index contributed by atoms with van der Waals surface area (Å²) in [5, 5.41) is 0. The molecule has 0 fully saturated rings. The molecule has 4 nitrogen and oxygen atoms in total. The van der Waals surface area contributed by atoms with E-state index in [1.165, 1.54) is 26.6 Å². The van der Waals surface area contributed by atoms with Gasteiger partial charge in [-0.3, -0.25) is 17.6 Å². The Hall–Kier alpha value is -3.00. The molecule has 0 saturated heterocycles. The quantitative estimate of drug-likeness (QED) is 0.248. The molecule has 0 amide bonds. The van der Waals surface area contributed by atoms with E-state index >= 15 is 0 Å². The fourth-order valence-corrected chi connectivity index (χ4v) is 2.63. The van der Waals surface area contributed by atoms with Gasteiger partial charge in [-0.15, -0.1) is 24.3 Å². The van der Waals surface area contributed by atoms with Crippen molar-refractivity contribution in [2.75, 3.05) is 14.2 Å². The first-order valence-corrected chi connectivity index (χ1v) is 9.15. The van der Waals surface area contributed by atoms with Crippen LogP contribution in [0.2, 0.25) is 0 Å². The van der Waals surface area contributed by atoms with E-state index < -0.39 is 23.3 Å². The summed E-state index contributed by atoms with van der Waals surface area (Å²) in [6.45, 7) is 0. The van der Waals surface area contributed by atoms with Gasteiger partial charge in [-0.05, 0) is 35.7 Å². The Bertz CT molecular complexity index is 1140. The molecule has 0 unspecified atom stereocenters. The average molecular weight is 668 g/mol. The monoisotopic (exact) mass is 668 g/mol. The summed E-state index contributed by atoms with van der Waals surface area (Å²) in [5.74, 6) is -1.60. The van der Waals surface area contributed by atoms with Crippen LogP contribution in [-0.2, 0) is 20.1 Å². The molecule has 0 atom stereocenters. The van der Waals surface area contributed by atoms with Crippen LogP contribution in [0.5, 0.6) is 11.5 Å². The van der Waals surface area contributed by atoms with E-state index in [2.05, 4.69) is 22.1 Å². The van der Waals surface area contributed by atoms with Gasteiger partial charge in [0.2, 0.25) is 0 Å². The predicted molar refractivity (Wildman–Crippen MR) is 110 cm³/mol. The Morgan fingerprint density at radius 1 is 0.676 bits per heavy atom. The third kappa shape index (κ3) is 7.52. The average Bonchev–Trinajstić information content (AvgIpc) is 2.79. The molecule has 2 aromatic heterocycles. The fraction of sp³-hybridized carbons (Fsp3) is 0.0833. The van der Waals surface area contributed by atoms with Gasteiger partial charge in [0.25, 0.3) is 0 Å². The summed E-state index contributed by atoms with van der Waals surface area (Å²) in [4.78, 5) is 7.95. The number of ether oxygens (including phenoxy) is 2. The Morgan fingerprint density at radius 3 is 1.38 bits per heavy atom. The van der Waals surface area contributed by atoms with Crippen molar-refractivity contribution in [3.63, 3.8) is 0 Å². The molecule has 178 valence electrons. The van der Waals surface area contributed by atoms with E-state index in [0.29, 0.717) is 22.9 Å². The zero-order valence-electron chi connectivity index (χ0n) is 17.7. The molecule has 0 N–H and O–H groups in total. The first kappa shape index (κ1) is 29.0. The minimum atomic E-state index is -0.694. The molecule has 0 bridgehead atoms. The van der Waals surface area contributed by atoms with Crippen LogP contribution < -0.4 is 21.9 Å². The third-order valence-electron chi connectivity index (χ3n) is 4.16. The van der Waals surface area contributed by atoms with E-state index in [9.17, 15) is 17.6 Å². The zero-order valence-corrected chi connectivity index (χ0v) is 20.9. The molecule has 0 radical (unpaired) electrons. The molecule has 10 heteroatoms. The Labute approximate surface area is 213 Å². The van der Waals surface area contributed by atoms with Crippen molar-refractivity contribution in [3.8, 4) is 34.0 Å². The molecule has 0 aliphatic carbocycles. The summed E-state index contributed by atoms with van der Waals surface area (Å²) in [5.41, 5.74) is 0.967. The maximum Gasteiger partial charge on any atom is 3.00 e. The molecule has 2 heterocycles. The normalized spacial score (nSPS) is 9.59. The Kier molecular flexibility index (Phi) is 11.7. The molecule has 0 saturated carbocycles. The van der Waals surface area contributed by atoms with Crippen LogP contribution in [0.4, 0.5) is 17.6 Å². The van der Waals surface area contributed by atoms with Gasteiger partial charge in [-0.2, -0.15) is 0 Å². The Balaban J connectivity index is 0.000000321. The van der Waals surface area contributed by atoms with Gasteiger partial charge in [0.05, 0.1) is 14.2 Å². The van der Waals surface area contributed by atoms with Crippen molar-refractivity contribution in [3.05, 3.63) is 96.3 Å². The summed E-state index contributed by atoms with van der Waals surface area (Å²) >= 11 is 0. The smallest absolute Gasteiger partial charge is 1.00 e. The second kappa shape index (κ2) is 13.6. The number of nitrogens with zero attached hydrogens (tertiary/aromatic N) is 2. The van der Waals surface area contributed by atoms with Crippen molar-refractivity contribution in [1.29, 1.82) is 0 Å². The van der Waals surface area contributed by atoms with E-state index in [0.717, 1.165) is 24.3 Å². The topological polar surface area (TPSA) is 44.2 Å². The van der Waals surface area contributed by atoms with E-state index in [4.69, 9.17) is 9.47 Å². The number of halogens is 5. The maximum absolute atomic E-state index is 13.4. The number of pyridine rings is 2. The van der Waals surface area contributed by atoms with Crippen LogP contribution in [-0.4, -0.2) is 24.2 Å². The first-order chi connectivity index (χ1) is 15.4. The molecule has 4 rings (SSSR count). The SMILES string of the molecule is COc1ccnc(-c2[c-]cc(F)cc2F)c1.COc1ccnc(-c2[c-]cc(F)cc2F)c1.[Cl-].[Ir+3]. The summed E-state index contributed by atoms with van der Waals surface area (Å²) < 4.78 is 62.2. The largest absolute Gasteiger partial charge is 3.00 e. The Morgan fingerprint density at radius 2 is 1.06 bits per heavy atom. The standard InChI is InChI=1S/2C12H8F2NO.ClH.Ir/c2*1-16-9-4-5-15-12(7-9)10-3-2-8(13)6-11(10)14;;/h2*2,4-7H,1H3;1H;/q2*-1;;+3/p-1. The number of aromatic nitrogens is 2. The molecular weight excluding hydrogens is 652 g/mol. The number of rotatable bonds is 4. The van der Waals surface area contributed by atoms with Crippen molar-refractivity contribution >= 4 is 0 Å². The summed E-state index contributed by atoms with van der Waals surface area (Å²) in [6.07, 6.45) is 2.98. The van der Waals surface area contributed by atoms with Gasteiger partial charge in [0.1, 0.15) is 11.5 Å². The van der Waals surface area contributed by atoms with Crippen LogP contribution >= 0.6 is 0 Å². The van der Waals surface area contributed by atoms with Crippen LogP contribution in [0, 0.1) is 35.4 Å². The zero-order chi connectivity index (χ0) is 23.1. The molecular formula is C24H16ClF4IrN2O2. The van der Waals surface area contributed by atoms with Crippen molar-refractivity contribution in [2.45, 2.75) is 0 Å². The second-order valence-electron chi connectivity index (χ2n) is 6.24. The number of hydrogen-bond donors (Lipinski definition) is 0. The van der Waals surface area contributed by atoms with Gasteiger partial charge in [-0.25, -0.2) is 0 Å². The van der Waals surface area contributed by atoms with Crippen LogP contribution in [0.1, 0.15) is 0 Å². The van der Waals surface area contributed by atoms with Crippen molar-refractivity contribution < 1.29 is 59.5 Å². The van der Waals surface area contributed by atoms with Crippen LogP contribution in [0.25, 0.3) is 22.5 Å². The van der Waals surface area contributed by atoms with Gasteiger partial charge in [0.15, 0.2) is 0 Å². The van der Waals surface area contributed by atoms with Crippen LogP contribution in [0.3, 0.4) is 0 Å². The van der Waals surface area contributed by atoms with Gasteiger partial charge >= 0.3 is 20.1 Å². The predicted octanol–water partition coefficient (Wildman–Crippen LogP) is 2.67. The second-order valence-corrected chi connectivity index (χ2v) is 6.24. The van der Waals surface area contributed by atoms with Gasteiger partial charge in [-0.1, -0.05) is 23.3 Å². The third-order valence-corrected chi connectivity index (χ3v) is 4.16. The molecule has 34 heavy (non-hydrogen) atoms. The number of hydrogen-bond acceptors (Lipinski definition) is 4. The van der Waals surface area contributed by atoms with Gasteiger partial charge < -0.3 is 31.8 Å². The number of methoxy groups -OCH3 is 2. The maximum atomic E-state index is 13.4.